The number of rotatable bonds is 6. The fourth-order valence-electron chi connectivity index (χ4n) is 2.85. The lowest BCUT2D eigenvalue weighted by molar-refractivity contribution is -0.384. The molecule has 0 aliphatic carbocycles. The summed E-state index contributed by atoms with van der Waals surface area (Å²) in [5.74, 6) is -0.232. The molecule has 1 amide bonds. The van der Waals surface area contributed by atoms with E-state index in [-0.39, 0.29) is 11.6 Å². The summed E-state index contributed by atoms with van der Waals surface area (Å²) in [4.78, 5) is 24.5. The van der Waals surface area contributed by atoms with E-state index in [4.69, 9.17) is 4.74 Å². The van der Waals surface area contributed by atoms with Crippen LogP contribution in [-0.4, -0.2) is 43.7 Å². The SMILES string of the molecule is O=C(NCCc1ccc(N2CCOCC2)cc1)c1ccc([N+](=O)[O-])cc1. The maximum atomic E-state index is 12.1. The van der Waals surface area contributed by atoms with Gasteiger partial charge in [0.2, 0.25) is 0 Å². The van der Waals surface area contributed by atoms with Crippen molar-refractivity contribution in [3.8, 4) is 0 Å². The molecule has 0 spiro atoms. The maximum Gasteiger partial charge on any atom is 0.269 e. The number of nitrogens with one attached hydrogen (secondary N) is 1. The highest BCUT2D eigenvalue weighted by Gasteiger charge is 2.11. The number of hydrogen-bond acceptors (Lipinski definition) is 5. The summed E-state index contributed by atoms with van der Waals surface area (Å²) in [7, 11) is 0. The minimum absolute atomic E-state index is 0.0260. The largest absolute Gasteiger partial charge is 0.378 e. The Bertz CT molecular complexity index is 753. The molecule has 1 heterocycles. The van der Waals surface area contributed by atoms with Gasteiger partial charge in [0.1, 0.15) is 0 Å². The topological polar surface area (TPSA) is 84.7 Å². The van der Waals surface area contributed by atoms with Gasteiger partial charge in [-0.25, -0.2) is 0 Å². The first kappa shape index (κ1) is 17.9. The first-order chi connectivity index (χ1) is 12.6. The number of carbonyl (C=O) groups excluding carboxylic acids is 1. The van der Waals surface area contributed by atoms with Crippen LogP contribution >= 0.6 is 0 Å². The normalized spacial score (nSPS) is 14.1. The number of amides is 1. The Balaban J connectivity index is 1.48. The highest BCUT2D eigenvalue weighted by Crippen LogP contribution is 2.17. The second kappa shape index (κ2) is 8.44. The summed E-state index contributed by atoms with van der Waals surface area (Å²) in [5.41, 5.74) is 2.72. The van der Waals surface area contributed by atoms with Gasteiger partial charge in [0, 0.05) is 43.0 Å². The van der Waals surface area contributed by atoms with Crippen molar-refractivity contribution >= 4 is 17.3 Å². The Hall–Kier alpha value is -2.93. The molecule has 1 saturated heterocycles. The molecular formula is C19H21N3O4. The van der Waals surface area contributed by atoms with Crippen molar-refractivity contribution in [2.75, 3.05) is 37.7 Å². The Morgan fingerprint density at radius 1 is 1.08 bits per heavy atom. The number of non-ortho nitro benzene ring substituents is 1. The van der Waals surface area contributed by atoms with Crippen LogP contribution in [-0.2, 0) is 11.2 Å². The highest BCUT2D eigenvalue weighted by molar-refractivity contribution is 5.94. The van der Waals surface area contributed by atoms with Gasteiger partial charge in [-0.15, -0.1) is 0 Å². The van der Waals surface area contributed by atoms with Gasteiger partial charge >= 0.3 is 0 Å². The van der Waals surface area contributed by atoms with Crippen molar-refractivity contribution in [2.45, 2.75) is 6.42 Å². The zero-order valence-corrected chi connectivity index (χ0v) is 14.4. The molecule has 7 heteroatoms. The lowest BCUT2D eigenvalue weighted by atomic mass is 10.1. The van der Waals surface area contributed by atoms with Crippen LogP contribution in [0, 0.1) is 10.1 Å². The summed E-state index contributed by atoms with van der Waals surface area (Å²) >= 11 is 0. The Labute approximate surface area is 151 Å². The minimum atomic E-state index is -0.484. The fraction of sp³-hybridized carbons (Fsp3) is 0.316. The quantitative estimate of drug-likeness (QED) is 0.635. The molecule has 2 aromatic rings. The predicted octanol–water partition coefficient (Wildman–Crippen LogP) is 2.40. The number of nitro groups is 1. The Morgan fingerprint density at radius 2 is 1.73 bits per heavy atom. The van der Waals surface area contributed by atoms with Crippen LogP contribution in [0.1, 0.15) is 15.9 Å². The van der Waals surface area contributed by atoms with Gasteiger partial charge in [0.05, 0.1) is 18.1 Å². The van der Waals surface area contributed by atoms with Crippen molar-refractivity contribution in [1.29, 1.82) is 0 Å². The van der Waals surface area contributed by atoms with E-state index < -0.39 is 4.92 Å². The molecule has 136 valence electrons. The second-order valence-corrected chi connectivity index (χ2v) is 6.08. The molecule has 2 aromatic carbocycles. The summed E-state index contributed by atoms with van der Waals surface area (Å²) in [5, 5.41) is 13.5. The summed E-state index contributed by atoms with van der Waals surface area (Å²) in [6, 6.07) is 13.9. The van der Waals surface area contributed by atoms with Crippen molar-refractivity contribution in [2.24, 2.45) is 0 Å². The van der Waals surface area contributed by atoms with Crippen molar-refractivity contribution in [3.05, 3.63) is 69.8 Å². The maximum absolute atomic E-state index is 12.1. The highest BCUT2D eigenvalue weighted by atomic mass is 16.6. The lowest BCUT2D eigenvalue weighted by Gasteiger charge is -2.28. The summed E-state index contributed by atoms with van der Waals surface area (Å²) in [6.45, 7) is 3.84. The standard InChI is InChI=1S/C19H21N3O4/c23-19(16-3-7-18(8-4-16)22(24)25)20-10-9-15-1-5-17(6-2-15)21-11-13-26-14-12-21/h1-8H,9-14H2,(H,20,23). The molecule has 1 aliphatic rings. The number of nitrogens with zero attached hydrogens (tertiary/aromatic N) is 2. The van der Waals surface area contributed by atoms with E-state index in [1.807, 2.05) is 0 Å². The average Bonchev–Trinajstić information content (AvgIpc) is 2.69. The van der Waals surface area contributed by atoms with E-state index >= 15 is 0 Å². The number of hydrogen-bond donors (Lipinski definition) is 1. The van der Waals surface area contributed by atoms with Gasteiger partial charge < -0.3 is 15.0 Å². The molecular weight excluding hydrogens is 334 g/mol. The van der Waals surface area contributed by atoms with E-state index in [2.05, 4.69) is 34.5 Å². The molecule has 0 aromatic heterocycles. The Kier molecular flexibility index (Phi) is 5.80. The molecule has 0 bridgehead atoms. The van der Waals surface area contributed by atoms with Crippen LogP contribution in [0.4, 0.5) is 11.4 Å². The van der Waals surface area contributed by atoms with Crippen molar-refractivity contribution in [3.63, 3.8) is 0 Å². The van der Waals surface area contributed by atoms with E-state index in [1.54, 1.807) is 0 Å². The summed E-state index contributed by atoms with van der Waals surface area (Å²) < 4.78 is 5.36. The first-order valence-electron chi connectivity index (χ1n) is 8.58. The average molecular weight is 355 g/mol. The molecule has 1 fully saturated rings. The number of carbonyl (C=O) groups is 1. The molecule has 7 nitrogen and oxygen atoms in total. The molecule has 1 aliphatic heterocycles. The van der Waals surface area contributed by atoms with Crippen LogP contribution in [0.5, 0.6) is 0 Å². The predicted molar refractivity (Wildman–Crippen MR) is 98.6 cm³/mol. The molecule has 1 N–H and O–H groups in total. The molecule has 0 radical (unpaired) electrons. The van der Waals surface area contributed by atoms with Gasteiger partial charge in [0.15, 0.2) is 0 Å². The number of anilines is 1. The van der Waals surface area contributed by atoms with E-state index in [1.165, 1.54) is 30.0 Å². The number of ether oxygens (including phenoxy) is 1. The van der Waals surface area contributed by atoms with E-state index in [0.29, 0.717) is 12.1 Å². The lowest BCUT2D eigenvalue weighted by Crippen LogP contribution is -2.36. The number of benzene rings is 2. The fourth-order valence-corrected chi connectivity index (χ4v) is 2.85. The van der Waals surface area contributed by atoms with Gasteiger partial charge in [-0.2, -0.15) is 0 Å². The first-order valence-corrected chi connectivity index (χ1v) is 8.58. The van der Waals surface area contributed by atoms with E-state index in [0.717, 1.165) is 38.3 Å². The molecule has 0 unspecified atom stereocenters. The third-order valence-corrected chi connectivity index (χ3v) is 4.35. The van der Waals surface area contributed by atoms with Gasteiger partial charge in [-0.1, -0.05) is 12.1 Å². The molecule has 26 heavy (non-hydrogen) atoms. The van der Waals surface area contributed by atoms with E-state index in [9.17, 15) is 14.9 Å². The van der Waals surface area contributed by atoms with Gasteiger partial charge in [0.25, 0.3) is 11.6 Å². The van der Waals surface area contributed by atoms with Gasteiger partial charge in [-0.05, 0) is 36.2 Å². The Morgan fingerprint density at radius 3 is 2.35 bits per heavy atom. The summed E-state index contributed by atoms with van der Waals surface area (Å²) in [6.07, 6.45) is 0.724. The zero-order chi connectivity index (χ0) is 18.4. The molecule has 0 atom stereocenters. The van der Waals surface area contributed by atoms with Crippen LogP contribution in [0.2, 0.25) is 0 Å². The second-order valence-electron chi connectivity index (χ2n) is 6.08. The third-order valence-electron chi connectivity index (χ3n) is 4.35. The number of nitro benzene ring substituents is 1. The smallest absolute Gasteiger partial charge is 0.269 e. The molecule has 3 rings (SSSR count). The van der Waals surface area contributed by atoms with Crippen LogP contribution in [0.15, 0.2) is 48.5 Å². The monoisotopic (exact) mass is 355 g/mol. The number of morpholine rings is 1. The van der Waals surface area contributed by atoms with Crippen molar-refractivity contribution in [1.82, 2.24) is 5.32 Å². The van der Waals surface area contributed by atoms with Crippen LogP contribution in [0.3, 0.4) is 0 Å². The zero-order valence-electron chi connectivity index (χ0n) is 14.4. The van der Waals surface area contributed by atoms with Gasteiger partial charge in [-0.3, -0.25) is 14.9 Å². The van der Waals surface area contributed by atoms with Crippen molar-refractivity contribution < 1.29 is 14.5 Å². The van der Waals surface area contributed by atoms with Crippen LogP contribution < -0.4 is 10.2 Å². The van der Waals surface area contributed by atoms with Crippen LogP contribution in [0.25, 0.3) is 0 Å². The molecule has 0 saturated carbocycles. The minimum Gasteiger partial charge on any atom is -0.378 e. The third kappa shape index (κ3) is 4.58.